The number of hydrogen-bond donors (Lipinski definition) is 0. The molecule has 8 rings (SSSR count). The van der Waals surface area contributed by atoms with Crippen LogP contribution in [0.1, 0.15) is 62.3 Å². The molecule has 0 radical (unpaired) electrons. The zero-order valence-corrected chi connectivity index (χ0v) is 29.3. The zero-order valence-electron chi connectivity index (χ0n) is 32.3. The molecular weight excluding hydrogens is 613 g/mol. The van der Waals surface area contributed by atoms with Crippen LogP contribution in [0.15, 0.2) is 128 Å². The van der Waals surface area contributed by atoms with Crippen molar-refractivity contribution in [2.24, 2.45) is 0 Å². The summed E-state index contributed by atoms with van der Waals surface area (Å²) in [4.78, 5) is 4.82. The average molecular weight is 658 g/mol. The Morgan fingerprint density at radius 1 is 0.640 bits per heavy atom. The lowest BCUT2D eigenvalue weighted by molar-refractivity contribution is 0.483. The van der Waals surface area contributed by atoms with E-state index >= 15 is 0 Å². The highest BCUT2D eigenvalue weighted by molar-refractivity contribution is 6.09. The van der Waals surface area contributed by atoms with Crippen molar-refractivity contribution in [1.29, 1.82) is 0 Å². The molecule has 0 saturated heterocycles. The van der Waals surface area contributed by atoms with Crippen LogP contribution in [-0.4, -0.2) is 15.6 Å². The molecular formula is C45H42N4O+2. The van der Waals surface area contributed by atoms with Gasteiger partial charge in [-0.15, -0.1) is 0 Å². The summed E-state index contributed by atoms with van der Waals surface area (Å²) in [5.41, 5.74) is 7.54. The van der Waals surface area contributed by atoms with Crippen LogP contribution in [0.5, 0.6) is 11.5 Å². The monoisotopic (exact) mass is 657 g/mol. The molecule has 5 aromatic carbocycles. The highest BCUT2D eigenvalue weighted by Gasteiger charge is 2.38. The van der Waals surface area contributed by atoms with Gasteiger partial charge in [-0.1, -0.05) is 90.1 Å². The largest absolute Gasteiger partial charge is 0.503 e. The first-order valence-corrected chi connectivity index (χ1v) is 17.1. The molecule has 0 unspecified atom stereocenters. The summed E-state index contributed by atoms with van der Waals surface area (Å²) in [5, 5.41) is 2.26. The molecule has 246 valence electrons. The first-order chi connectivity index (χ1) is 25.2. The van der Waals surface area contributed by atoms with Gasteiger partial charge < -0.3 is 4.74 Å². The van der Waals surface area contributed by atoms with Crippen LogP contribution in [0, 0.1) is 6.85 Å². The zero-order chi connectivity index (χ0) is 37.3. The highest BCUT2D eigenvalue weighted by atomic mass is 16.5. The number of benzene rings is 5. The molecule has 0 atom stereocenters. The van der Waals surface area contributed by atoms with Crippen LogP contribution < -0.4 is 13.9 Å². The molecule has 1 aliphatic rings. The molecule has 0 bridgehead atoms. The summed E-state index contributed by atoms with van der Waals surface area (Å²) in [7, 11) is 0. The van der Waals surface area contributed by atoms with Crippen molar-refractivity contribution in [3.05, 3.63) is 144 Å². The summed E-state index contributed by atoms with van der Waals surface area (Å²) in [6.45, 7) is 10.8. The number of nitrogens with zero attached hydrogens (tertiary/aromatic N) is 4. The topological polar surface area (TPSA) is 33.1 Å². The third-order valence-corrected chi connectivity index (χ3v) is 9.45. The summed E-state index contributed by atoms with van der Waals surface area (Å²) in [6, 6.07) is 43.8. The molecule has 7 aromatic rings. The van der Waals surface area contributed by atoms with Crippen molar-refractivity contribution in [3.63, 3.8) is 0 Å². The lowest BCUT2D eigenvalue weighted by Crippen LogP contribution is -2.12. The van der Waals surface area contributed by atoms with Crippen molar-refractivity contribution in [3.8, 4) is 17.3 Å². The molecule has 0 spiro atoms. The van der Waals surface area contributed by atoms with Gasteiger partial charge in [-0.3, -0.25) is 4.57 Å². The fourth-order valence-electron chi connectivity index (χ4n) is 6.74. The Morgan fingerprint density at radius 3 is 2.14 bits per heavy atom. The highest BCUT2D eigenvalue weighted by Crippen LogP contribution is 2.40. The van der Waals surface area contributed by atoms with Crippen molar-refractivity contribution in [2.45, 2.75) is 59.2 Å². The number of aromatic nitrogens is 2. The molecule has 5 heteroatoms. The molecule has 0 saturated carbocycles. The predicted octanol–water partition coefficient (Wildman–Crippen LogP) is 11.7. The number of hydrogen-bond acceptors (Lipinski definition) is 2. The Kier molecular flexibility index (Phi) is 6.57. The smallest absolute Gasteiger partial charge is 0.457 e. The van der Waals surface area contributed by atoms with Crippen molar-refractivity contribution in [1.82, 2.24) is 18.7 Å². The number of para-hydroxylation sites is 2. The van der Waals surface area contributed by atoms with E-state index in [1.54, 1.807) is 12.1 Å². The van der Waals surface area contributed by atoms with E-state index in [2.05, 4.69) is 113 Å². The Balaban J connectivity index is 1.23. The van der Waals surface area contributed by atoms with Crippen LogP contribution in [-0.2, 0) is 10.8 Å². The molecule has 3 heterocycles. The van der Waals surface area contributed by atoms with Gasteiger partial charge >= 0.3 is 11.7 Å². The first-order valence-electron chi connectivity index (χ1n) is 18.6. The van der Waals surface area contributed by atoms with Crippen LogP contribution in [0.25, 0.3) is 27.6 Å². The maximum Gasteiger partial charge on any atom is 0.503 e. The maximum absolute atomic E-state index is 8.40. The van der Waals surface area contributed by atoms with E-state index in [4.69, 9.17) is 13.8 Å². The van der Waals surface area contributed by atoms with Gasteiger partial charge in [0.2, 0.25) is 11.4 Å². The van der Waals surface area contributed by atoms with Gasteiger partial charge in [0.1, 0.15) is 17.3 Å². The van der Waals surface area contributed by atoms with E-state index < -0.39 is 6.85 Å². The molecule has 5 nitrogen and oxygen atoms in total. The fraction of sp³-hybridized carbons (Fsp3) is 0.200. The predicted molar refractivity (Wildman–Crippen MR) is 208 cm³/mol. The van der Waals surface area contributed by atoms with Gasteiger partial charge in [0.25, 0.3) is 5.69 Å². The molecule has 1 aliphatic heterocycles. The molecule has 2 aromatic heterocycles. The standard InChI is InChI=1S/C45H42N4O/c1-30-13-10-20-40-43(30)48(33-15-11-14-31(25-33)44(2,3)4)29-47(40)34-16-12-17-35(27-34)50-36-21-22-38-37-18-8-9-19-39(37)49(41(38)28-36)42-26-32(23-24-46-42)45(5,6)7/h8-28H,1-7H3/q+2/i1D3. The number of rotatable bonds is 5. The van der Waals surface area contributed by atoms with E-state index in [9.17, 15) is 0 Å². The molecule has 0 fully saturated rings. The minimum Gasteiger partial charge on any atom is -0.457 e. The SMILES string of the molecule is [2H]C([2H])([2H])c1cccc2c1[N+](c1cccc(C(C)(C)C)c1)=C=[N+]2c1cccc(Oc2ccc3c4ccccc4n(-c4cc(C(C)(C)C)ccn4)c3c2)c1. The minimum absolute atomic E-state index is 0.0255. The van der Waals surface area contributed by atoms with E-state index in [0.29, 0.717) is 17.2 Å². The van der Waals surface area contributed by atoms with Crippen molar-refractivity contribution >= 4 is 50.6 Å². The van der Waals surface area contributed by atoms with Crippen LogP contribution in [0.4, 0.5) is 22.7 Å². The van der Waals surface area contributed by atoms with Crippen LogP contribution in [0.3, 0.4) is 0 Å². The maximum atomic E-state index is 8.40. The molecule has 0 amide bonds. The molecule has 50 heavy (non-hydrogen) atoms. The van der Waals surface area contributed by atoms with E-state index in [1.165, 1.54) is 5.56 Å². The summed E-state index contributed by atoms with van der Waals surface area (Å²) >= 11 is 0. The Bertz CT molecular complexity index is 2650. The Labute approximate surface area is 298 Å². The summed E-state index contributed by atoms with van der Waals surface area (Å²) < 4.78 is 37.8. The first kappa shape index (κ1) is 28.1. The summed E-state index contributed by atoms with van der Waals surface area (Å²) in [6.07, 6.45) is 1.89. The van der Waals surface area contributed by atoms with Gasteiger partial charge in [0, 0.05) is 57.0 Å². The third-order valence-electron chi connectivity index (χ3n) is 9.45. The second kappa shape index (κ2) is 11.7. The van der Waals surface area contributed by atoms with Crippen molar-refractivity contribution in [2.75, 3.05) is 0 Å². The minimum atomic E-state index is -2.32. The third kappa shape index (κ3) is 5.50. The van der Waals surface area contributed by atoms with E-state index in [0.717, 1.165) is 50.2 Å². The Hall–Kier alpha value is -5.77. The second-order valence-corrected chi connectivity index (χ2v) is 15.0. The second-order valence-electron chi connectivity index (χ2n) is 15.0. The van der Waals surface area contributed by atoms with Gasteiger partial charge in [-0.2, -0.15) is 0 Å². The lowest BCUT2D eigenvalue weighted by Gasteiger charge is -2.20. The lowest BCUT2D eigenvalue weighted by atomic mass is 9.87. The van der Waals surface area contributed by atoms with Crippen molar-refractivity contribution < 1.29 is 8.85 Å². The van der Waals surface area contributed by atoms with Crippen LogP contribution in [0.2, 0.25) is 0 Å². The number of fused-ring (bicyclic) bond motifs is 4. The van der Waals surface area contributed by atoms with Crippen LogP contribution >= 0.6 is 0 Å². The number of aryl methyl sites for hydroxylation is 1. The molecule has 0 aliphatic carbocycles. The number of ether oxygens (including phenoxy) is 1. The quantitative estimate of drug-likeness (QED) is 0.173. The number of pyridine rings is 1. The van der Waals surface area contributed by atoms with Gasteiger partial charge in [0.15, 0.2) is 0 Å². The van der Waals surface area contributed by atoms with E-state index in [1.807, 2.05) is 63.9 Å². The summed E-state index contributed by atoms with van der Waals surface area (Å²) in [5.74, 6) is 2.18. The Morgan fingerprint density at radius 2 is 1.34 bits per heavy atom. The average Bonchev–Trinajstić information content (AvgIpc) is 3.67. The normalized spacial score (nSPS) is 14.2. The fourth-order valence-corrected chi connectivity index (χ4v) is 6.74. The molecule has 0 N–H and O–H groups in total. The van der Waals surface area contributed by atoms with Gasteiger partial charge in [-0.05, 0) is 74.4 Å². The van der Waals surface area contributed by atoms with Gasteiger partial charge in [0.05, 0.1) is 17.1 Å². The van der Waals surface area contributed by atoms with E-state index in [-0.39, 0.29) is 16.4 Å². The van der Waals surface area contributed by atoms with Gasteiger partial charge in [-0.25, -0.2) is 4.98 Å².